The van der Waals surface area contributed by atoms with Crippen molar-refractivity contribution in [2.45, 2.75) is 18.7 Å². The van der Waals surface area contributed by atoms with Crippen molar-refractivity contribution in [3.8, 4) is 0 Å². The van der Waals surface area contributed by atoms with Crippen molar-refractivity contribution in [1.29, 1.82) is 0 Å². The first-order valence-corrected chi connectivity index (χ1v) is 6.89. The van der Waals surface area contributed by atoms with E-state index in [4.69, 9.17) is 10.8 Å². The Morgan fingerprint density at radius 2 is 2.00 bits per heavy atom. The second-order valence-corrected chi connectivity index (χ2v) is 6.03. The molecule has 1 aromatic carbocycles. The number of hydrogen-bond donors (Lipinski definition) is 2. The number of benzene rings is 1. The topological polar surface area (TPSA) is 83.6 Å². The van der Waals surface area contributed by atoms with E-state index in [0.29, 0.717) is 11.3 Å². The Morgan fingerprint density at radius 1 is 1.41 bits per heavy atom. The Morgan fingerprint density at radius 3 is 2.53 bits per heavy atom. The van der Waals surface area contributed by atoms with Gasteiger partial charge in [-0.05, 0) is 18.6 Å². The maximum atomic E-state index is 12.0. The van der Waals surface area contributed by atoms with E-state index in [1.54, 1.807) is 31.2 Å². The molecule has 0 amide bonds. The van der Waals surface area contributed by atoms with Gasteiger partial charge in [-0.15, -0.1) is 0 Å². The third kappa shape index (κ3) is 3.42. The standard InChI is InChI=1S/C11H18N2O3S/c1-9(7-14)13(2)17(15,16)8-10-5-3-4-6-11(10)12/h3-6,9,14H,7-8,12H2,1-2H3. The van der Waals surface area contributed by atoms with Gasteiger partial charge in [0.25, 0.3) is 0 Å². The molecule has 0 radical (unpaired) electrons. The fourth-order valence-corrected chi connectivity index (χ4v) is 2.83. The summed E-state index contributed by atoms with van der Waals surface area (Å²) < 4.78 is 25.2. The minimum atomic E-state index is -3.45. The lowest BCUT2D eigenvalue weighted by Crippen LogP contribution is -2.38. The van der Waals surface area contributed by atoms with E-state index in [2.05, 4.69) is 0 Å². The van der Waals surface area contributed by atoms with E-state index in [9.17, 15) is 8.42 Å². The monoisotopic (exact) mass is 258 g/mol. The molecule has 0 saturated carbocycles. The van der Waals surface area contributed by atoms with Crippen LogP contribution in [0.2, 0.25) is 0 Å². The Kier molecular flexibility index (Phi) is 4.50. The molecule has 6 heteroatoms. The Hall–Kier alpha value is -1.11. The molecule has 1 rings (SSSR count). The fourth-order valence-electron chi connectivity index (χ4n) is 1.35. The highest BCUT2D eigenvalue weighted by Gasteiger charge is 2.23. The molecule has 5 nitrogen and oxygen atoms in total. The van der Waals surface area contributed by atoms with Crippen LogP contribution in [0.3, 0.4) is 0 Å². The number of aliphatic hydroxyl groups is 1. The Balaban J connectivity index is 2.91. The van der Waals surface area contributed by atoms with E-state index in [1.807, 2.05) is 0 Å². The van der Waals surface area contributed by atoms with Gasteiger partial charge in [0.05, 0.1) is 12.4 Å². The highest BCUT2D eigenvalue weighted by atomic mass is 32.2. The molecule has 0 aliphatic rings. The van der Waals surface area contributed by atoms with E-state index in [-0.39, 0.29) is 12.4 Å². The number of rotatable bonds is 5. The Bertz CT molecular complexity index is 473. The molecule has 0 aliphatic carbocycles. The highest BCUT2D eigenvalue weighted by Crippen LogP contribution is 2.17. The lowest BCUT2D eigenvalue weighted by molar-refractivity contribution is 0.213. The number of nitrogens with zero attached hydrogens (tertiary/aromatic N) is 1. The number of aliphatic hydroxyl groups excluding tert-OH is 1. The van der Waals surface area contributed by atoms with Crippen LogP contribution in [0.5, 0.6) is 0 Å². The van der Waals surface area contributed by atoms with Crippen LogP contribution in [0.25, 0.3) is 0 Å². The summed E-state index contributed by atoms with van der Waals surface area (Å²) in [5, 5.41) is 8.96. The van der Waals surface area contributed by atoms with Crippen molar-refractivity contribution < 1.29 is 13.5 Å². The molecule has 3 N–H and O–H groups in total. The number of nitrogen functional groups attached to an aromatic ring is 1. The molecule has 0 aliphatic heterocycles. The zero-order valence-electron chi connectivity index (χ0n) is 10.00. The van der Waals surface area contributed by atoms with E-state index < -0.39 is 16.1 Å². The van der Waals surface area contributed by atoms with Gasteiger partial charge in [0.2, 0.25) is 10.0 Å². The molecule has 0 heterocycles. The van der Waals surface area contributed by atoms with Gasteiger partial charge < -0.3 is 10.8 Å². The molecular formula is C11H18N2O3S. The summed E-state index contributed by atoms with van der Waals surface area (Å²) in [5.41, 5.74) is 6.74. The summed E-state index contributed by atoms with van der Waals surface area (Å²) in [6.45, 7) is 1.44. The molecule has 0 fully saturated rings. The largest absolute Gasteiger partial charge is 0.398 e. The second kappa shape index (κ2) is 5.48. The van der Waals surface area contributed by atoms with Gasteiger partial charge in [-0.3, -0.25) is 0 Å². The maximum Gasteiger partial charge on any atom is 0.218 e. The highest BCUT2D eigenvalue weighted by molar-refractivity contribution is 7.88. The van der Waals surface area contributed by atoms with Gasteiger partial charge in [-0.2, -0.15) is 4.31 Å². The third-order valence-electron chi connectivity index (χ3n) is 2.72. The summed E-state index contributed by atoms with van der Waals surface area (Å²) in [6, 6.07) is 6.41. The van der Waals surface area contributed by atoms with Gasteiger partial charge in [0, 0.05) is 18.8 Å². The van der Waals surface area contributed by atoms with Crippen molar-refractivity contribution in [2.75, 3.05) is 19.4 Å². The fraction of sp³-hybridized carbons (Fsp3) is 0.455. The van der Waals surface area contributed by atoms with Crippen LogP contribution in [0.1, 0.15) is 12.5 Å². The van der Waals surface area contributed by atoms with Crippen LogP contribution in [0, 0.1) is 0 Å². The van der Waals surface area contributed by atoms with Crippen molar-refractivity contribution in [3.05, 3.63) is 29.8 Å². The Labute approximate surface area is 102 Å². The number of para-hydroxylation sites is 1. The minimum Gasteiger partial charge on any atom is -0.398 e. The smallest absolute Gasteiger partial charge is 0.218 e. The average Bonchev–Trinajstić information content (AvgIpc) is 2.30. The van der Waals surface area contributed by atoms with Gasteiger partial charge >= 0.3 is 0 Å². The number of sulfonamides is 1. The first-order chi connectivity index (χ1) is 7.88. The lowest BCUT2D eigenvalue weighted by atomic mass is 10.2. The maximum absolute atomic E-state index is 12.0. The zero-order valence-corrected chi connectivity index (χ0v) is 10.8. The quantitative estimate of drug-likeness (QED) is 0.749. The van der Waals surface area contributed by atoms with Gasteiger partial charge in [-0.1, -0.05) is 18.2 Å². The van der Waals surface area contributed by atoms with Crippen molar-refractivity contribution in [2.24, 2.45) is 0 Å². The second-order valence-electron chi connectivity index (χ2n) is 4.00. The predicted octanol–water partition coefficient (Wildman–Crippen LogP) is 0.411. The van der Waals surface area contributed by atoms with Crippen LogP contribution in [-0.4, -0.2) is 37.5 Å². The first-order valence-electron chi connectivity index (χ1n) is 5.28. The molecule has 0 aromatic heterocycles. The number of hydrogen-bond acceptors (Lipinski definition) is 4. The average molecular weight is 258 g/mol. The van der Waals surface area contributed by atoms with Gasteiger partial charge in [-0.25, -0.2) is 8.42 Å². The first kappa shape index (κ1) is 14.0. The third-order valence-corrected chi connectivity index (χ3v) is 4.63. The molecule has 17 heavy (non-hydrogen) atoms. The summed E-state index contributed by atoms with van der Waals surface area (Å²) in [7, 11) is -2.00. The van der Waals surface area contributed by atoms with Crippen molar-refractivity contribution in [1.82, 2.24) is 4.31 Å². The lowest BCUT2D eigenvalue weighted by Gasteiger charge is -2.22. The molecule has 0 bridgehead atoms. The van der Waals surface area contributed by atoms with Gasteiger partial charge in [0.15, 0.2) is 0 Å². The van der Waals surface area contributed by atoms with Crippen LogP contribution in [0.4, 0.5) is 5.69 Å². The SMILES string of the molecule is CC(CO)N(C)S(=O)(=O)Cc1ccccc1N. The normalized spacial score (nSPS) is 13.9. The summed E-state index contributed by atoms with van der Waals surface area (Å²) in [5.74, 6) is -0.152. The van der Waals surface area contributed by atoms with Crippen LogP contribution >= 0.6 is 0 Å². The van der Waals surface area contributed by atoms with Crippen LogP contribution < -0.4 is 5.73 Å². The molecule has 0 saturated heterocycles. The number of nitrogens with two attached hydrogens (primary N) is 1. The van der Waals surface area contributed by atoms with E-state index in [1.165, 1.54) is 11.4 Å². The van der Waals surface area contributed by atoms with E-state index >= 15 is 0 Å². The van der Waals surface area contributed by atoms with Crippen LogP contribution in [0.15, 0.2) is 24.3 Å². The molecule has 0 spiro atoms. The van der Waals surface area contributed by atoms with Gasteiger partial charge in [0.1, 0.15) is 0 Å². The minimum absolute atomic E-state index is 0.152. The predicted molar refractivity (Wildman–Crippen MR) is 67.8 cm³/mol. The zero-order chi connectivity index (χ0) is 13.1. The molecule has 1 unspecified atom stereocenters. The summed E-state index contributed by atoms with van der Waals surface area (Å²) in [6.07, 6.45) is 0. The summed E-state index contributed by atoms with van der Waals surface area (Å²) in [4.78, 5) is 0. The molecule has 1 aromatic rings. The van der Waals surface area contributed by atoms with E-state index in [0.717, 1.165) is 0 Å². The molecule has 1 atom stereocenters. The molecular weight excluding hydrogens is 240 g/mol. The van der Waals surface area contributed by atoms with Crippen LogP contribution in [-0.2, 0) is 15.8 Å². The van der Waals surface area contributed by atoms with Crippen molar-refractivity contribution in [3.63, 3.8) is 0 Å². The summed E-state index contributed by atoms with van der Waals surface area (Å²) >= 11 is 0. The number of anilines is 1. The number of likely N-dealkylation sites (N-methyl/N-ethyl adjacent to an activating group) is 1. The molecule has 96 valence electrons. The van der Waals surface area contributed by atoms with Crippen molar-refractivity contribution >= 4 is 15.7 Å².